The van der Waals surface area contributed by atoms with Crippen LogP contribution in [0.15, 0.2) is 25.3 Å². The summed E-state index contributed by atoms with van der Waals surface area (Å²) in [7, 11) is 0. The molecule has 1 atom stereocenters. The minimum Gasteiger partial charge on any atom is -0.460 e. The van der Waals surface area contributed by atoms with Gasteiger partial charge in [0.15, 0.2) is 0 Å². The monoisotopic (exact) mass is 300 g/mol. The maximum atomic E-state index is 10.5. The lowest BCUT2D eigenvalue weighted by Crippen LogP contribution is -2.08. The zero-order chi connectivity index (χ0) is 15.9. The Hall–Kier alpha value is -1.66. The largest absolute Gasteiger partial charge is 0.460 e. The molecule has 0 amide bonds. The van der Waals surface area contributed by atoms with Crippen LogP contribution in [-0.2, 0) is 28.5 Å². The number of hydrogen-bond donors (Lipinski definition) is 0. The summed E-state index contributed by atoms with van der Waals surface area (Å²) in [5.74, 6) is -0.778. The Morgan fingerprint density at radius 2 is 1.76 bits per heavy atom. The van der Waals surface area contributed by atoms with E-state index in [2.05, 4.69) is 29.6 Å². The van der Waals surface area contributed by atoms with Gasteiger partial charge in [-0.25, -0.2) is 9.59 Å². The number of epoxide rings is 1. The highest BCUT2D eigenvalue weighted by Gasteiger charge is 2.23. The topological polar surface area (TPSA) is 74.4 Å². The fraction of sp³-hybridized carbons (Fsp3) is 0.600. The van der Waals surface area contributed by atoms with Crippen LogP contribution in [0.4, 0.5) is 0 Å². The Bertz CT molecular complexity index is 322. The van der Waals surface area contributed by atoms with Crippen LogP contribution in [-0.4, -0.2) is 51.1 Å². The minimum absolute atomic E-state index is 0.147. The van der Waals surface area contributed by atoms with E-state index in [9.17, 15) is 9.59 Å². The first-order valence-corrected chi connectivity index (χ1v) is 6.91. The summed E-state index contributed by atoms with van der Waals surface area (Å²) in [4.78, 5) is 20.9. The third kappa shape index (κ3) is 14.6. The summed E-state index contributed by atoms with van der Waals surface area (Å²) >= 11 is 0. The first-order valence-electron chi connectivity index (χ1n) is 6.91. The van der Waals surface area contributed by atoms with E-state index in [-0.39, 0.29) is 12.1 Å². The van der Waals surface area contributed by atoms with Crippen molar-refractivity contribution in [2.45, 2.75) is 25.9 Å². The van der Waals surface area contributed by atoms with E-state index in [1.54, 1.807) is 0 Å². The van der Waals surface area contributed by atoms with Crippen molar-refractivity contribution < 1.29 is 28.5 Å². The predicted molar refractivity (Wildman–Crippen MR) is 77.8 cm³/mol. The van der Waals surface area contributed by atoms with Crippen molar-refractivity contribution in [3.8, 4) is 0 Å². The average molecular weight is 300 g/mol. The van der Waals surface area contributed by atoms with Crippen LogP contribution in [0.25, 0.3) is 0 Å². The SMILES string of the molecule is C=CC(=O)OCC1CO1.C=CC(=O)OCCOCCCC. The molecule has 6 heteroatoms. The second kappa shape index (κ2) is 13.3. The first-order chi connectivity index (χ1) is 10.1. The number of rotatable bonds is 10. The Balaban J connectivity index is 0.000000394. The van der Waals surface area contributed by atoms with Gasteiger partial charge in [-0.05, 0) is 6.42 Å². The van der Waals surface area contributed by atoms with E-state index < -0.39 is 5.97 Å². The molecule has 1 unspecified atom stereocenters. The van der Waals surface area contributed by atoms with Crippen LogP contribution >= 0.6 is 0 Å². The summed E-state index contributed by atoms with van der Waals surface area (Å²) in [5.41, 5.74) is 0. The normalized spacial score (nSPS) is 15.2. The summed E-state index contributed by atoms with van der Waals surface area (Å²) in [6.07, 6.45) is 4.60. The van der Waals surface area contributed by atoms with E-state index >= 15 is 0 Å². The number of carbonyl (C=O) groups excluding carboxylic acids is 2. The molecule has 0 aromatic rings. The van der Waals surface area contributed by atoms with Crippen molar-refractivity contribution in [1.82, 2.24) is 0 Å². The van der Waals surface area contributed by atoms with Gasteiger partial charge >= 0.3 is 11.9 Å². The lowest BCUT2D eigenvalue weighted by molar-refractivity contribution is -0.139. The lowest BCUT2D eigenvalue weighted by atomic mass is 10.4. The molecule has 1 fully saturated rings. The molecule has 1 aliphatic heterocycles. The average Bonchev–Trinajstić information content (AvgIpc) is 3.33. The van der Waals surface area contributed by atoms with E-state index in [0.29, 0.717) is 26.4 Å². The zero-order valence-corrected chi connectivity index (χ0v) is 12.5. The van der Waals surface area contributed by atoms with Gasteiger partial charge in [0, 0.05) is 18.8 Å². The maximum Gasteiger partial charge on any atom is 0.330 e. The summed E-state index contributed by atoms with van der Waals surface area (Å²) in [6, 6.07) is 0. The van der Waals surface area contributed by atoms with Gasteiger partial charge in [0.05, 0.1) is 13.2 Å². The molecule has 1 rings (SSSR count). The first kappa shape index (κ1) is 19.3. The summed E-state index contributed by atoms with van der Waals surface area (Å²) in [5, 5.41) is 0. The molecule has 0 bridgehead atoms. The Kier molecular flexibility index (Phi) is 12.3. The number of unbranched alkanes of at least 4 members (excludes halogenated alkanes) is 1. The highest BCUT2D eigenvalue weighted by Crippen LogP contribution is 2.08. The van der Waals surface area contributed by atoms with Crippen LogP contribution < -0.4 is 0 Å². The molecule has 0 aromatic carbocycles. The molecule has 6 nitrogen and oxygen atoms in total. The molecule has 120 valence electrons. The quantitative estimate of drug-likeness (QED) is 0.264. The van der Waals surface area contributed by atoms with E-state index in [4.69, 9.17) is 9.47 Å². The Morgan fingerprint density at radius 3 is 2.29 bits per heavy atom. The molecule has 1 saturated heterocycles. The van der Waals surface area contributed by atoms with Crippen LogP contribution in [0.5, 0.6) is 0 Å². The smallest absolute Gasteiger partial charge is 0.330 e. The van der Waals surface area contributed by atoms with Crippen molar-refractivity contribution in [1.29, 1.82) is 0 Å². The van der Waals surface area contributed by atoms with Crippen molar-refractivity contribution in [3.63, 3.8) is 0 Å². The third-order valence-corrected chi connectivity index (χ3v) is 2.26. The van der Waals surface area contributed by atoms with E-state index in [0.717, 1.165) is 31.6 Å². The van der Waals surface area contributed by atoms with Crippen LogP contribution in [0.3, 0.4) is 0 Å². The molecule has 21 heavy (non-hydrogen) atoms. The fourth-order valence-corrected chi connectivity index (χ4v) is 1.01. The third-order valence-electron chi connectivity index (χ3n) is 2.26. The Morgan fingerprint density at radius 1 is 1.14 bits per heavy atom. The van der Waals surface area contributed by atoms with Crippen molar-refractivity contribution in [2.75, 3.05) is 33.0 Å². The number of esters is 2. The van der Waals surface area contributed by atoms with Crippen molar-refractivity contribution in [3.05, 3.63) is 25.3 Å². The van der Waals surface area contributed by atoms with Crippen LogP contribution in [0.1, 0.15) is 19.8 Å². The molecule has 0 aromatic heterocycles. The van der Waals surface area contributed by atoms with E-state index in [1.807, 2.05) is 0 Å². The van der Waals surface area contributed by atoms with E-state index in [1.165, 1.54) is 0 Å². The second-order valence-corrected chi connectivity index (χ2v) is 4.13. The molecular weight excluding hydrogens is 276 g/mol. The predicted octanol–water partition coefficient (Wildman–Crippen LogP) is 1.65. The molecule has 0 spiro atoms. The van der Waals surface area contributed by atoms with Gasteiger partial charge in [0.1, 0.15) is 19.3 Å². The zero-order valence-electron chi connectivity index (χ0n) is 12.5. The number of carbonyl (C=O) groups is 2. The van der Waals surface area contributed by atoms with Gasteiger partial charge in [-0.1, -0.05) is 26.5 Å². The molecule has 1 heterocycles. The molecule has 0 N–H and O–H groups in total. The molecule has 0 aliphatic carbocycles. The highest BCUT2D eigenvalue weighted by atomic mass is 16.6. The highest BCUT2D eigenvalue weighted by molar-refractivity contribution is 5.81. The Labute approximate surface area is 125 Å². The van der Waals surface area contributed by atoms with Gasteiger partial charge < -0.3 is 18.9 Å². The summed E-state index contributed by atoms with van der Waals surface area (Å²) in [6.45, 7) is 11.2. The van der Waals surface area contributed by atoms with Gasteiger partial charge in [0.25, 0.3) is 0 Å². The summed E-state index contributed by atoms with van der Waals surface area (Å²) < 4.78 is 19.3. The fourth-order valence-electron chi connectivity index (χ4n) is 1.01. The second-order valence-electron chi connectivity index (χ2n) is 4.13. The molecular formula is C15H24O6. The van der Waals surface area contributed by atoms with Crippen molar-refractivity contribution >= 4 is 11.9 Å². The van der Waals surface area contributed by atoms with Gasteiger partial charge in [-0.2, -0.15) is 0 Å². The van der Waals surface area contributed by atoms with Gasteiger partial charge in [-0.15, -0.1) is 0 Å². The standard InChI is InChI=1S/C9H16O3.C6H8O3/c1-3-5-6-11-7-8-12-9(10)4-2;1-2-6(7)9-4-5-3-8-5/h4H,2-3,5-8H2,1H3;2,5H,1,3-4H2. The lowest BCUT2D eigenvalue weighted by Gasteiger charge is -2.02. The van der Waals surface area contributed by atoms with Gasteiger partial charge in [0.2, 0.25) is 0 Å². The molecule has 0 saturated carbocycles. The van der Waals surface area contributed by atoms with Crippen molar-refractivity contribution in [2.24, 2.45) is 0 Å². The van der Waals surface area contributed by atoms with Crippen LogP contribution in [0.2, 0.25) is 0 Å². The molecule has 0 radical (unpaired) electrons. The van der Waals surface area contributed by atoms with Crippen LogP contribution in [0, 0.1) is 0 Å². The molecule has 1 aliphatic rings. The number of hydrogen-bond acceptors (Lipinski definition) is 6. The minimum atomic E-state index is -0.394. The number of ether oxygens (including phenoxy) is 4. The maximum absolute atomic E-state index is 10.5. The van der Waals surface area contributed by atoms with Gasteiger partial charge in [-0.3, -0.25) is 0 Å².